The molecule has 8 nitrogen and oxygen atoms in total. The molecule has 1 saturated heterocycles. The second-order valence-electron chi connectivity index (χ2n) is 8.23. The number of rotatable bonds is 2. The first-order chi connectivity index (χ1) is 14.7. The van der Waals surface area contributed by atoms with Crippen molar-refractivity contribution in [2.45, 2.75) is 38.8 Å². The van der Waals surface area contributed by atoms with E-state index in [2.05, 4.69) is 40.0 Å². The number of ether oxygens (including phenoxy) is 2. The monoisotopic (exact) mass is 411 g/mol. The third kappa shape index (κ3) is 3.29. The molecule has 0 radical (unpaired) electrons. The predicted molar refractivity (Wildman–Crippen MR) is 114 cm³/mol. The number of hydrogen-bond donors (Lipinski definition) is 1. The number of urea groups is 1. The van der Waals surface area contributed by atoms with Crippen molar-refractivity contribution in [1.29, 1.82) is 0 Å². The lowest BCUT2D eigenvalue weighted by molar-refractivity contribution is 0.0651. The molecule has 30 heavy (non-hydrogen) atoms. The molecule has 0 aliphatic carbocycles. The van der Waals surface area contributed by atoms with E-state index in [0.29, 0.717) is 25.7 Å². The van der Waals surface area contributed by atoms with Crippen LogP contribution in [0.5, 0.6) is 5.75 Å². The van der Waals surface area contributed by atoms with Crippen molar-refractivity contribution in [1.82, 2.24) is 20.0 Å². The normalized spacial score (nSPS) is 19.1. The molecule has 2 amide bonds. The van der Waals surface area contributed by atoms with Gasteiger partial charge in [-0.1, -0.05) is 6.07 Å². The summed E-state index contributed by atoms with van der Waals surface area (Å²) in [6, 6.07) is 6.62. The topological polar surface area (TPSA) is 71.9 Å². The molecular weight excluding hydrogens is 382 g/mol. The lowest BCUT2D eigenvalue weighted by Crippen LogP contribution is -2.42. The van der Waals surface area contributed by atoms with Crippen LogP contribution in [0.15, 0.2) is 18.2 Å². The number of aromatic nitrogens is 2. The summed E-state index contributed by atoms with van der Waals surface area (Å²) in [5, 5.41) is 7.92. The smallest absolute Gasteiger partial charge is 0.317 e. The molecule has 0 spiro atoms. The molecule has 5 rings (SSSR count). The molecule has 3 aliphatic heterocycles. The Morgan fingerprint density at radius 1 is 1.20 bits per heavy atom. The van der Waals surface area contributed by atoms with Crippen molar-refractivity contribution < 1.29 is 14.3 Å². The van der Waals surface area contributed by atoms with Gasteiger partial charge in [-0.25, -0.2) is 4.79 Å². The number of carbonyl (C=O) groups excluding carboxylic acids is 1. The van der Waals surface area contributed by atoms with Gasteiger partial charge in [0, 0.05) is 44.5 Å². The number of nitrogens with one attached hydrogen (secondary N) is 1. The molecule has 0 atom stereocenters. The van der Waals surface area contributed by atoms with Crippen LogP contribution in [0.25, 0.3) is 0 Å². The highest BCUT2D eigenvalue weighted by atomic mass is 16.5. The lowest BCUT2D eigenvalue weighted by atomic mass is 10.0. The molecule has 1 fully saturated rings. The van der Waals surface area contributed by atoms with Gasteiger partial charge < -0.3 is 24.6 Å². The number of hydrogen-bond acceptors (Lipinski definition) is 5. The van der Waals surface area contributed by atoms with Gasteiger partial charge in [0.15, 0.2) is 5.82 Å². The third-order valence-corrected chi connectivity index (χ3v) is 6.34. The standard InChI is InChI=1S/C22H29N5O3/c1-15-3-4-19-20(13-15)30-12-9-26(19)21-17-14-25(22(28)23-2)8-5-18(17)27(24-21)16-6-10-29-11-7-16/h3-4,13,16H,5-12,14H2,1-2H3,(H,23,28). The Kier molecular flexibility index (Phi) is 5.02. The van der Waals surface area contributed by atoms with E-state index in [-0.39, 0.29) is 6.03 Å². The predicted octanol–water partition coefficient (Wildman–Crippen LogP) is 2.77. The fourth-order valence-corrected chi connectivity index (χ4v) is 4.76. The Morgan fingerprint density at radius 2 is 2.03 bits per heavy atom. The maximum atomic E-state index is 12.3. The first kappa shape index (κ1) is 19.2. The zero-order valence-corrected chi connectivity index (χ0v) is 17.7. The first-order valence-electron chi connectivity index (χ1n) is 10.8. The highest BCUT2D eigenvalue weighted by Crippen LogP contribution is 2.41. The van der Waals surface area contributed by atoms with Gasteiger partial charge >= 0.3 is 6.03 Å². The van der Waals surface area contributed by atoms with Gasteiger partial charge in [-0.05, 0) is 37.5 Å². The van der Waals surface area contributed by atoms with Gasteiger partial charge in [0.1, 0.15) is 12.4 Å². The van der Waals surface area contributed by atoms with Crippen LogP contribution in [0.2, 0.25) is 0 Å². The van der Waals surface area contributed by atoms with E-state index < -0.39 is 0 Å². The number of nitrogens with zero attached hydrogens (tertiary/aromatic N) is 4. The number of amides is 2. The van der Waals surface area contributed by atoms with Crippen LogP contribution in [-0.2, 0) is 17.7 Å². The van der Waals surface area contributed by atoms with E-state index in [9.17, 15) is 4.79 Å². The molecule has 0 saturated carbocycles. The highest BCUT2D eigenvalue weighted by Gasteiger charge is 2.34. The van der Waals surface area contributed by atoms with Crippen molar-refractivity contribution in [3.05, 3.63) is 35.0 Å². The summed E-state index contributed by atoms with van der Waals surface area (Å²) in [6.07, 6.45) is 2.77. The number of fused-ring (bicyclic) bond motifs is 2. The maximum Gasteiger partial charge on any atom is 0.317 e. The minimum Gasteiger partial charge on any atom is -0.490 e. The summed E-state index contributed by atoms with van der Waals surface area (Å²) in [4.78, 5) is 16.5. The fraction of sp³-hybridized carbons (Fsp3) is 0.545. The van der Waals surface area contributed by atoms with Gasteiger partial charge in [-0.15, -0.1) is 0 Å². The van der Waals surface area contributed by atoms with Crippen molar-refractivity contribution >= 4 is 17.5 Å². The summed E-state index contributed by atoms with van der Waals surface area (Å²) < 4.78 is 13.7. The molecule has 4 heterocycles. The highest BCUT2D eigenvalue weighted by molar-refractivity contribution is 5.76. The minimum atomic E-state index is -0.0385. The van der Waals surface area contributed by atoms with Crippen LogP contribution in [0.3, 0.4) is 0 Å². The van der Waals surface area contributed by atoms with Crippen molar-refractivity contribution in [3.8, 4) is 5.75 Å². The zero-order valence-electron chi connectivity index (χ0n) is 17.7. The molecule has 1 aromatic carbocycles. The van der Waals surface area contributed by atoms with Gasteiger partial charge in [-0.2, -0.15) is 5.10 Å². The number of anilines is 2. The fourth-order valence-electron chi connectivity index (χ4n) is 4.76. The summed E-state index contributed by atoms with van der Waals surface area (Å²) in [7, 11) is 1.69. The molecule has 1 aromatic heterocycles. The third-order valence-electron chi connectivity index (χ3n) is 6.34. The van der Waals surface area contributed by atoms with E-state index in [0.717, 1.165) is 61.8 Å². The second kappa shape index (κ2) is 7.83. The van der Waals surface area contributed by atoms with E-state index >= 15 is 0 Å². The van der Waals surface area contributed by atoms with Crippen LogP contribution >= 0.6 is 0 Å². The zero-order chi connectivity index (χ0) is 20.7. The SMILES string of the molecule is CNC(=O)N1CCc2c(c(N3CCOc4cc(C)ccc43)nn2C2CCOCC2)C1. The quantitative estimate of drug-likeness (QED) is 0.823. The average molecular weight is 412 g/mol. The Bertz CT molecular complexity index is 950. The molecule has 160 valence electrons. The van der Waals surface area contributed by atoms with Crippen LogP contribution in [0.1, 0.15) is 35.7 Å². The summed E-state index contributed by atoms with van der Waals surface area (Å²) in [6.45, 7) is 6.27. The summed E-state index contributed by atoms with van der Waals surface area (Å²) >= 11 is 0. The van der Waals surface area contributed by atoms with Crippen LogP contribution in [0.4, 0.5) is 16.3 Å². The lowest BCUT2D eigenvalue weighted by Gasteiger charge is -2.32. The van der Waals surface area contributed by atoms with Gasteiger partial charge in [0.25, 0.3) is 0 Å². The summed E-state index contributed by atoms with van der Waals surface area (Å²) in [5.41, 5.74) is 4.64. The van der Waals surface area contributed by atoms with E-state index in [4.69, 9.17) is 14.6 Å². The van der Waals surface area contributed by atoms with Crippen molar-refractivity contribution in [3.63, 3.8) is 0 Å². The van der Waals surface area contributed by atoms with Crippen molar-refractivity contribution in [2.24, 2.45) is 0 Å². The Balaban J connectivity index is 1.58. The van der Waals surface area contributed by atoms with Crippen LogP contribution in [0, 0.1) is 6.92 Å². The van der Waals surface area contributed by atoms with E-state index in [1.807, 2.05) is 4.90 Å². The number of benzene rings is 1. The molecule has 3 aliphatic rings. The minimum absolute atomic E-state index is 0.0385. The number of carbonyl (C=O) groups is 1. The molecule has 2 aromatic rings. The first-order valence-corrected chi connectivity index (χ1v) is 10.8. The number of aryl methyl sites for hydroxylation is 1. The molecular formula is C22H29N5O3. The second-order valence-corrected chi connectivity index (χ2v) is 8.23. The van der Waals surface area contributed by atoms with Crippen molar-refractivity contribution in [2.75, 3.05) is 44.9 Å². The Labute approximate surface area is 176 Å². The van der Waals surface area contributed by atoms with Gasteiger partial charge in [0.05, 0.1) is 24.8 Å². The van der Waals surface area contributed by atoms with E-state index in [1.54, 1.807) is 7.05 Å². The average Bonchev–Trinajstić information content (AvgIpc) is 3.17. The van der Waals surface area contributed by atoms with Gasteiger partial charge in [-0.3, -0.25) is 4.68 Å². The molecule has 8 heteroatoms. The Morgan fingerprint density at radius 3 is 2.83 bits per heavy atom. The summed E-state index contributed by atoms with van der Waals surface area (Å²) in [5.74, 6) is 1.85. The Hall–Kier alpha value is -2.74. The van der Waals surface area contributed by atoms with Crippen LogP contribution in [-0.4, -0.2) is 60.7 Å². The molecule has 0 unspecified atom stereocenters. The van der Waals surface area contributed by atoms with Crippen LogP contribution < -0.4 is 15.0 Å². The largest absolute Gasteiger partial charge is 0.490 e. The van der Waals surface area contributed by atoms with Gasteiger partial charge in [0.2, 0.25) is 0 Å². The maximum absolute atomic E-state index is 12.3. The molecule has 0 bridgehead atoms. The molecule has 1 N–H and O–H groups in total. The van der Waals surface area contributed by atoms with E-state index in [1.165, 1.54) is 11.3 Å².